The zero-order chi connectivity index (χ0) is 18.6. The van der Waals surface area contributed by atoms with E-state index in [1.54, 1.807) is 24.3 Å². The first-order valence-corrected chi connectivity index (χ1v) is 9.53. The van der Waals surface area contributed by atoms with Gasteiger partial charge in [-0.15, -0.1) is 0 Å². The molecule has 0 bridgehead atoms. The average molecular weight is 354 g/mol. The molecule has 2 fully saturated rings. The van der Waals surface area contributed by atoms with Crippen LogP contribution in [0.2, 0.25) is 0 Å². The lowest BCUT2D eigenvalue weighted by atomic mass is 9.65. The minimum atomic E-state index is -0.695. The molecule has 1 saturated heterocycles. The maximum absolute atomic E-state index is 12.7. The van der Waals surface area contributed by atoms with Crippen molar-refractivity contribution in [1.29, 1.82) is 5.26 Å². The summed E-state index contributed by atoms with van der Waals surface area (Å²) < 4.78 is 0. The lowest BCUT2D eigenvalue weighted by Crippen LogP contribution is -2.44. The SMILES string of the molecule is N#Cc1ccc(C(=O)N2CCC3(CCC(CCC(=O)O)CC3)CC2)cc1. The van der Waals surface area contributed by atoms with Crippen LogP contribution < -0.4 is 0 Å². The fraction of sp³-hybridized carbons (Fsp3) is 0.571. The molecule has 1 aromatic carbocycles. The van der Waals surface area contributed by atoms with E-state index in [4.69, 9.17) is 10.4 Å². The molecule has 2 aliphatic rings. The van der Waals surface area contributed by atoms with Crippen molar-refractivity contribution in [3.63, 3.8) is 0 Å². The van der Waals surface area contributed by atoms with Crippen LogP contribution in [0.4, 0.5) is 0 Å². The third-order valence-electron chi connectivity index (χ3n) is 6.30. The van der Waals surface area contributed by atoms with E-state index in [-0.39, 0.29) is 12.3 Å². The highest BCUT2D eigenvalue weighted by molar-refractivity contribution is 5.94. The second-order valence-corrected chi connectivity index (χ2v) is 7.86. The molecule has 5 nitrogen and oxygen atoms in total. The van der Waals surface area contributed by atoms with Crippen molar-refractivity contribution in [3.05, 3.63) is 35.4 Å². The van der Waals surface area contributed by atoms with E-state index in [2.05, 4.69) is 6.07 Å². The normalized spacial score (nSPS) is 19.9. The number of carboxylic acid groups (broad SMARTS) is 1. The number of nitrogens with zero attached hydrogens (tertiary/aromatic N) is 2. The summed E-state index contributed by atoms with van der Waals surface area (Å²) in [6.45, 7) is 1.58. The number of aliphatic carboxylic acids is 1. The standard InChI is InChI=1S/C21H26N2O3/c22-15-17-1-4-18(5-2-17)20(26)23-13-11-21(12-14-23)9-7-16(8-10-21)3-6-19(24)25/h1-2,4-5,16H,3,6-14H2,(H,24,25). The summed E-state index contributed by atoms with van der Waals surface area (Å²) in [7, 11) is 0. The first kappa shape index (κ1) is 18.4. The molecule has 0 aromatic heterocycles. The maximum atomic E-state index is 12.7. The lowest BCUT2D eigenvalue weighted by Gasteiger charge is -2.46. The molecule has 1 spiro atoms. The van der Waals surface area contributed by atoms with Gasteiger partial charge in [-0.2, -0.15) is 5.26 Å². The van der Waals surface area contributed by atoms with Crippen LogP contribution in [0.25, 0.3) is 0 Å². The second-order valence-electron chi connectivity index (χ2n) is 7.86. The minimum absolute atomic E-state index is 0.0551. The van der Waals surface area contributed by atoms with Crippen molar-refractivity contribution >= 4 is 11.9 Å². The van der Waals surface area contributed by atoms with E-state index in [0.29, 0.717) is 22.5 Å². The van der Waals surface area contributed by atoms with Crippen molar-refractivity contribution in [2.75, 3.05) is 13.1 Å². The highest BCUT2D eigenvalue weighted by Gasteiger charge is 2.39. The lowest BCUT2D eigenvalue weighted by molar-refractivity contribution is -0.137. The molecule has 1 aliphatic heterocycles. The minimum Gasteiger partial charge on any atom is -0.481 e. The van der Waals surface area contributed by atoms with Gasteiger partial charge < -0.3 is 10.0 Å². The molecule has 1 saturated carbocycles. The fourth-order valence-corrected chi connectivity index (χ4v) is 4.46. The Labute approximate surface area is 154 Å². The number of carboxylic acids is 1. The van der Waals surface area contributed by atoms with Crippen LogP contribution in [0.15, 0.2) is 24.3 Å². The van der Waals surface area contributed by atoms with E-state index in [9.17, 15) is 9.59 Å². The van der Waals surface area contributed by atoms with Gasteiger partial charge in [-0.3, -0.25) is 9.59 Å². The van der Waals surface area contributed by atoms with E-state index in [1.807, 2.05) is 4.90 Å². The van der Waals surface area contributed by atoms with E-state index < -0.39 is 5.97 Å². The molecule has 26 heavy (non-hydrogen) atoms. The molecule has 3 rings (SSSR count). The smallest absolute Gasteiger partial charge is 0.303 e. The summed E-state index contributed by atoms with van der Waals surface area (Å²) in [5.74, 6) is -0.0885. The quantitative estimate of drug-likeness (QED) is 0.891. The van der Waals surface area contributed by atoms with Gasteiger partial charge >= 0.3 is 5.97 Å². The maximum Gasteiger partial charge on any atom is 0.303 e. The Bertz CT molecular complexity index is 687. The van der Waals surface area contributed by atoms with Crippen molar-refractivity contribution in [2.45, 2.75) is 51.4 Å². The van der Waals surface area contributed by atoms with Crippen molar-refractivity contribution in [3.8, 4) is 6.07 Å². The number of carbonyl (C=O) groups is 2. The molecule has 0 unspecified atom stereocenters. The number of piperidine rings is 1. The molecule has 1 N–H and O–H groups in total. The molecular formula is C21H26N2O3. The zero-order valence-corrected chi connectivity index (χ0v) is 15.1. The number of likely N-dealkylation sites (tertiary alicyclic amines) is 1. The average Bonchev–Trinajstić information content (AvgIpc) is 2.68. The van der Waals surface area contributed by atoms with E-state index in [1.165, 1.54) is 0 Å². The Kier molecular flexibility index (Phi) is 5.61. The number of hydrogen-bond donors (Lipinski definition) is 1. The van der Waals surface area contributed by atoms with Crippen molar-refractivity contribution < 1.29 is 14.7 Å². The largest absolute Gasteiger partial charge is 0.481 e. The van der Waals surface area contributed by atoms with Gasteiger partial charge in [-0.25, -0.2) is 0 Å². The van der Waals surface area contributed by atoms with Crippen molar-refractivity contribution in [2.24, 2.45) is 11.3 Å². The summed E-state index contributed by atoms with van der Waals surface area (Å²) >= 11 is 0. The van der Waals surface area contributed by atoms with Crippen LogP contribution in [0.1, 0.15) is 67.3 Å². The number of rotatable bonds is 4. The molecule has 1 amide bonds. The molecule has 1 heterocycles. The molecule has 1 aromatic rings. The third kappa shape index (κ3) is 4.24. The monoisotopic (exact) mass is 354 g/mol. The molecule has 0 atom stereocenters. The Morgan fingerprint density at radius 2 is 1.73 bits per heavy atom. The van der Waals surface area contributed by atoms with E-state index >= 15 is 0 Å². The van der Waals surface area contributed by atoms with Crippen LogP contribution in [0, 0.1) is 22.7 Å². The predicted octanol–water partition coefficient (Wildman–Crippen LogP) is 3.84. The van der Waals surface area contributed by atoms with Gasteiger partial charge in [0.2, 0.25) is 0 Å². The molecule has 5 heteroatoms. The second kappa shape index (κ2) is 7.90. The fourth-order valence-electron chi connectivity index (χ4n) is 4.46. The van der Waals surface area contributed by atoms with Crippen LogP contribution >= 0.6 is 0 Å². The van der Waals surface area contributed by atoms with Gasteiger partial charge in [-0.05, 0) is 80.5 Å². The molecule has 0 radical (unpaired) electrons. The van der Waals surface area contributed by atoms with Gasteiger partial charge in [0.25, 0.3) is 5.91 Å². The number of nitriles is 1. The predicted molar refractivity (Wildman–Crippen MR) is 97.6 cm³/mol. The number of amides is 1. The van der Waals surface area contributed by atoms with Crippen LogP contribution in [-0.4, -0.2) is 35.0 Å². The topological polar surface area (TPSA) is 81.4 Å². The van der Waals surface area contributed by atoms with Crippen LogP contribution in [-0.2, 0) is 4.79 Å². The zero-order valence-electron chi connectivity index (χ0n) is 15.1. The third-order valence-corrected chi connectivity index (χ3v) is 6.30. The van der Waals surface area contributed by atoms with Gasteiger partial charge in [0, 0.05) is 25.1 Å². The highest BCUT2D eigenvalue weighted by atomic mass is 16.4. The summed E-state index contributed by atoms with van der Waals surface area (Å²) in [6, 6.07) is 8.93. The number of hydrogen-bond acceptors (Lipinski definition) is 3. The van der Waals surface area contributed by atoms with Crippen molar-refractivity contribution in [1.82, 2.24) is 4.90 Å². The number of benzene rings is 1. The summed E-state index contributed by atoms with van der Waals surface area (Å²) in [6.07, 6.45) is 7.74. The van der Waals surface area contributed by atoms with Gasteiger partial charge in [-0.1, -0.05) is 0 Å². The Hall–Kier alpha value is -2.35. The summed E-state index contributed by atoms with van der Waals surface area (Å²) in [5, 5.41) is 17.7. The Balaban J connectivity index is 1.50. The van der Waals surface area contributed by atoms with Gasteiger partial charge in [0.1, 0.15) is 0 Å². The molecule has 138 valence electrons. The Morgan fingerprint density at radius 3 is 2.27 bits per heavy atom. The molecular weight excluding hydrogens is 328 g/mol. The van der Waals surface area contributed by atoms with Crippen LogP contribution in [0.3, 0.4) is 0 Å². The highest BCUT2D eigenvalue weighted by Crippen LogP contribution is 2.47. The molecule has 1 aliphatic carbocycles. The summed E-state index contributed by atoms with van der Waals surface area (Å²) in [5.41, 5.74) is 1.57. The van der Waals surface area contributed by atoms with Gasteiger partial charge in [0.15, 0.2) is 0 Å². The van der Waals surface area contributed by atoms with Gasteiger partial charge in [0.05, 0.1) is 11.6 Å². The first-order chi connectivity index (χ1) is 12.5. The van der Waals surface area contributed by atoms with E-state index in [0.717, 1.165) is 58.0 Å². The first-order valence-electron chi connectivity index (χ1n) is 9.53. The summed E-state index contributed by atoms with van der Waals surface area (Å²) in [4.78, 5) is 25.3. The number of carbonyl (C=O) groups excluding carboxylic acids is 1. The Morgan fingerprint density at radius 1 is 1.12 bits per heavy atom. The van der Waals surface area contributed by atoms with Crippen LogP contribution in [0.5, 0.6) is 0 Å².